The predicted octanol–water partition coefficient (Wildman–Crippen LogP) is 0.585. The summed E-state index contributed by atoms with van der Waals surface area (Å²) in [5.74, 6) is 0.691. The number of aromatic nitrogens is 5. The Hall–Kier alpha value is -3.86. The minimum atomic E-state index is -0.425. The smallest absolute Gasteiger partial charge is 0.273 e. The van der Waals surface area contributed by atoms with E-state index in [9.17, 15) is 9.59 Å². The number of nitrogens with zero attached hydrogens (tertiary/aromatic N) is 5. The molecule has 11 nitrogen and oxygen atoms in total. The molecule has 1 amide bonds. The molecule has 3 heterocycles. The number of pyridine rings is 2. The summed E-state index contributed by atoms with van der Waals surface area (Å²) in [5.41, 5.74) is 0.711. The summed E-state index contributed by atoms with van der Waals surface area (Å²) in [5, 5.41) is 25.8. The van der Waals surface area contributed by atoms with Gasteiger partial charge < -0.3 is 21.1 Å². The van der Waals surface area contributed by atoms with E-state index in [-0.39, 0.29) is 36.5 Å². The van der Waals surface area contributed by atoms with Crippen LogP contribution in [-0.2, 0) is 0 Å². The first kappa shape index (κ1) is 21.4. The summed E-state index contributed by atoms with van der Waals surface area (Å²) in [7, 11) is 0. The first-order valence-corrected chi connectivity index (χ1v) is 10.4. The van der Waals surface area contributed by atoms with E-state index in [1.165, 1.54) is 12.3 Å². The number of carbonyl (C=O) groups excluding carboxylic acids is 1. The largest absolute Gasteiger partial charge is 0.395 e. The fourth-order valence-corrected chi connectivity index (χ4v) is 3.60. The highest BCUT2D eigenvalue weighted by atomic mass is 16.3. The summed E-state index contributed by atoms with van der Waals surface area (Å²) in [4.78, 5) is 32.3. The Morgan fingerprint density at radius 1 is 1.06 bits per heavy atom. The van der Waals surface area contributed by atoms with Crippen molar-refractivity contribution in [3.05, 3.63) is 65.0 Å². The van der Waals surface area contributed by atoms with Gasteiger partial charge in [0, 0.05) is 30.9 Å². The van der Waals surface area contributed by atoms with Gasteiger partial charge in [-0.15, -0.1) is 10.2 Å². The zero-order chi connectivity index (χ0) is 22.3. The van der Waals surface area contributed by atoms with Crippen LogP contribution in [0.25, 0.3) is 5.69 Å². The van der Waals surface area contributed by atoms with Crippen molar-refractivity contribution in [2.75, 3.05) is 23.8 Å². The average molecular weight is 436 g/mol. The molecule has 1 fully saturated rings. The molecule has 4 N–H and O–H groups in total. The first-order valence-electron chi connectivity index (χ1n) is 10.4. The molecule has 0 aliphatic heterocycles. The van der Waals surface area contributed by atoms with Crippen LogP contribution in [0.5, 0.6) is 0 Å². The van der Waals surface area contributed by atoms with Gasteiger partial charge in [-0.2, -0.15) is 0 Å². The maximum Gasteiger partial charge on any atom is 0.273 e. The van der Waals surface area contributed by atoms with Gasteiger partial charge >= 0.3 is 0 Å². The van der Waals surface area contributed by atoms with E-state index < -0.39 is 5.91 Å². The van der Waals surface area contributed by atoms with E-state index in [0.717, 1.165) is 25.1 Å². The lowest BCUT2D eigenvalue weighted by Gasteiger charge is -2.15. The Morgan fingerprint density at radius 2 is 1.91 bits per heavy atom. The number of aliphatic hydroxyl groups excluding tert-OH is 1. The van der Waals surface area contributed by atoms with Crippen LogP contribution >= 0.6 is 0 Å². The molecular formula is C21H24N8O3. The second-order valence-electron chi connectivity index (χ2n) is 7.45. The highest BCUT2D eigenvalue weighted by Gasteiger charge is 2.25. The van der Waals surface area contributed by atoms with Crippen molar-refractivity contribution in [3.8, 4) is 5.69 Å². The van der Waals surface area contributed by atoms with Crippen molar-refractivity contribution in [1.82, 2.24) is 30.0 Å². The zero-order valence-corrected chi connectivity index (χ0v) is 17.3. The van der Waals surface area contributed by atoms with Gasteiger partial charge in [0.1, 0.15) is 5.82 Å². The van der Waals surface area contributed by atoms with E-state index in [1.54, 1.807) is 29.1 Å². The van der Waals surface area contributed by atoms with E-state index in [1.807, 2.05) is 12.1 Å². The van der Waals surface area contributed by atoms with Crippen LogP contribution in [0.15, 0.2) is 53.7 Å². The Labute approximate surface area is 184 Å². The lowest BCUT2D eigenvalue weighted by molar-refractivity contribution is 0.0938. The molecular weight excluding hydrogens is 412 g/mol. The molecule has 0 spiro atoms. The highest BCUT2D eigenvalue weighted by molar-refractivity contribution is 5.91. The second-order valence-corrected chi connectivity index (χ2v) is 7.45. The van der Waals surface area contributed by atoms with Crippen LogP contribution in [0.3, 0.4) is 0 Å². The van der Waals surface area contributed by atoms with Crippen molar-refractivity contribution in [2.45, 2.75) is 31.3 Å². The van der Waals surface area contributed by atoms with Gasteiger partial charge in [-0.3, -0.25) is 14.2 Å². The van der Waals surface area contributed by atoms with E-state index in [2.05, 4.69) is 36.1 Å². The zero-order valence-electron chi connectivity index (χ0n) is 17.3. The topological polar surface area (TPSA) is 147 Å². The lowest BCUT2D eigenvalue weighted by Crippen LogP contribution is -2.28. The Bertz CT molecular complexity index is 1100. The van der Waals surface area contributed by atoms with Gasteiger partial charge in [-0.1, -0.05) is 6.07 Å². The molecule has 3 aromatic rings. The van der Waals surface area contributed by atoms with Crippen molar-refractivity contribution in [3.63, 3.8) is 0 Å². The standard InChI is InChI=1S/C21H24N8O3/c30-10-8-22-20(32)17-13-24-21(28-27-17)26-15-5-4-14(11-15)25-18-7-6-16(12-23-18)29-9-2-1-3-19(29)31/h1-3,6-7,9,12-15,30H,4-5,8,10-11H2,(H,22,32)(H,23,25)(H,24,26,28)/t14-,15-/m0/s1. The Kier molecular flexibility index (Phi) is 6.66. The van der Waals surface area contributed by atoms with Gasteiger partial charge in [0.2, 0.25) is 5.95 Å². The van der Waals surface area contributed by atoms with Gasteiger partial charge in [-0.25, -0.2) is 9.97 Å². The van der Waals surface area contributed by atoms with Crippen LogP contribution in [0, 0.1) is 0 Å². The maximum absolute atomic E-state index is 11.9. The van der Waals surface area contributed by atoms with E-state index in [4.69, 9.17) is 5.11 Å². The van der Waals surface area contributed by atoms with Gasteiger partial charge in [-0.05, 0) is 37.5 Å². The minimum absolute atomic E-state index is 0.0993. The number of amides is 1. The number of nitrogens with one attached hydrogen (secondary N) is 3. The minimum Gasteiger partial charge on any atom is -0.395 e. The molecule has 32 heavy (non-hydrogen) atoms. The molecule has 2 atom stereocenters. The van der Waals surface area contributed by atoms with E-state index in [0.29, 0.717) is 11.6 Å². The van der Waals surface area contributed by atoms with Gasteiger partial charge in [0.25, 0.3) is 11.5 Å². The molecule has 4 rings (SSSR count). The van der Waals surface area contributed by atoms with Crippen LogP contribution < -0.4 is 21.5 Å². The number of anilines is 2. The molecule has 11 heteroatoms. The molecule has 1 aliphatic carbocycles. The van der Waals surface area contributed by atoms with Crippen molar-refractivity contribution in [1.29, 1.82) is 0 Å². The molecule has 166 valence electrons. The quantitative estimate of drug-likeness (QED) is 0.398. The molecule has 0 saturated heterocycles. The van der Waals surface area contributed by atoms with Crippen LogP contribution in [0.2, 0.25) is 0 Å². The molecule has 0 bridgehead atoms. The summed E-state index contributed by atoms with van der Waals surface area (Å²) < 4.78 is 1.54. The molecule has 3 aromatic heterocycles. The third kappa shape index (κ3) is 5.24. The molecule has 0 unspecified atom stereocenters. The first-order chi connectivity index (χ1) is 15.6. The summed E-state index contributed by atoms with van der Waals surface area (Å²) in [6, 6.07) is 9.15. The number of aliphatic hydroxyl groups is 1. The fourth-order valence-electron chi connectivity index (χ4n) is 3.60. The Balaban J connectivity index is 1.29. The maximum atomic E-state index is 11.9. The van der Waals surface area contributed by atoms with Gasteiger partial charge in [0.15, 0.2) is 5.69 Å². The monoisotopic (exact) mass is 436 g/mol. The molecule has 0 radical (unpaired) electrons. The summed E-state index contributed by atoms with van der Waals surface area (Å²) in [6.07, 6.45) is 7.47. The van der Waals surface area contributed by atoms with Crippen molar-refractivity contribution in [2.24, 2.45) is 0 Å². The predicted molar refractivity (Wildman–Crippen MR) is 118 cm³/mol. The lowest BCUT2D eigenvalue weighted by atomic mass is 10.2. The van der Waals surface area contributed by atoms with Crippen LogP contribution in [0.4, 0.5) is 11.8 Å². The number of rotatable bonds is 8. The van der Waals surface area contributed by atoms with Crippen LogP contribution in [0.1, 0.15) is 29.8 Å². The summed E-state index contributed by atoms with van der Waals surface area (Å²) >= 11 is 0. The second kappa shape index (κ2) is 9.96. The van der Waals surface area contributed by atoms with Crippen LogP contribution in [-0.4, -0.2) is 61.0 Å². The fraction of sp³-hybridized carbons (Fsp3) is 0.333. The van der Waals surface area contributed by atoms with Crippen molar-refractivity contribution >= 4 is 17.7 Å². The normalized spacial score (nSPS) is 17.7. The third-order valence-corrected chi connectivity index (χ3v) is 5.16. The summed E-state index contributed by atoms with van der Waals surface area (Å²) in [6.45, 7) is 0.00910. The highest BCUT2D eigenvalue weighted by Crippen LogP contribution is 2.24. The number of hydrogen-bond acceptors (Lipinski definition) is 9. The SMILES string of the molecule is O=C(NCCO)c1cnc(N[C@H]2CC[C@H](Nc3ccc(-n4ccccc4=O)cn3)C2)nn1. The van der Waals surface area contributed by atoms with Crippen molar-refractivity contribution < 1.29 is 9.90 Å². The number of hydrogen-bond donors (Lipinski definition) is 4. The Morgan fingerprint density at radius 3 is 2.59 bits per heavy atom. The molecule has 0 aromatic carbocycles. The molecule has 1 aliphatic rings. The molecule has 1 saturated carbocycles. The third-order valence-electron chi connectivity index (χ3n) is 5.16. The van der Waals surface area contributed by atoms with Gasteiger partial charge in [0.05, 0.1) is 24.7 Å². The average Bonchev–Trinajstić information content (AvgIpc) is 3.25. The van der Waals surface area contributed by atoms with E-state index >= 15 is 0 Å². The number of carbonyl (C=O) groups is 1.